The van der Waals surface area contributed by atoms with E-state index in [2.05, 4.69) is 10.6 Å². The van der Waals surface area contributed by atoms with Gasteiger partial charge in [0.15, 0.2) is 0 Å². The first-order chi connectivity index (χ1) is 11.2. The summed E-state index contributed by atoms with van der Waals surface area (Å²) in [6.45, 7) is 6.27. The van der Waals surface area contributed by atoms with E-state index in [0.717, 1.165) is 16.7 Å². The average Bonchev–Trinajstić information content (AvgIpc) is 2.58. The number of carbonyl (C=O) groups is 1. The van der Waals surface area contributed by atoms with Crippen molar-refractivity contribution in [2.45, 2.75) is 33.5 Å². The van der Waals surface area contributed by atoms with E-state index in [0.29, 0.717) is 26.3 Å². The Morgan fingerprint density at radius 3 is 2.30 bits per heavy atom. The summed E-state index contributed by atoms with van der Waals surface area (Å²) in [7, 11) is 0. The lowest BCUT2D eigenvalue weighted by Gasteiger charge is -2.11. The van der Waals surface area contributed by atoms with Gasteiger partial charge in [0.25, 0.3) is 0 Å². The largest absolute Gasteiger partial charge is 0.377 e. The molecule has 0 saturated carbocycles. The van der Waals surface area contributed by atoms with Gasteiger partial charge in [-0.3, -0.25) is 0 Å². The van der Waals surface area contributed by atoms with Crippen LogP contribution in [0.2, 0.25) is 0 Å². The lowest BCUT2D eigenvalue weighted by Crippen LogP contribution is -2.34. The molecule has 0 heterocycles. The number of carbonyl (C=O) groups excluding carboxylic acids is 1. The summed E-state index contributed by atoms with van der Waals surface area (Å²) in [4.78, 5) is 11.9. The summed E-state index contributed by atoms with van der Waals surface area (Å²) >= 11 is 0. The van der Waals surface area contributed by atoms with Crippen molar-refractivity contribution in [2.24, 2.45) is 0 Å². The Balaban J connectivity index is 1.81. The van der Waals surface area contributed by atoms with Gasteiger partial charge in [-0.05, 0) is 30.5 Å². The number of ether oxygens (including phenoxy) is 1. The van der Waals surface area contributed by atoms with Gasteiger partial charge in [0, 0.05) is 19.7 Å². The minimum absolute atomic E-state index is 0.170. The third-order valence-electron chi connectivity index (χ3n) is 3.59. The molecular weight excluding hydrogens is 288 g/mol. The number of rotatable bonds is 7. The molecule has 2 amide bonds. The van der Waals surface area contributed by atoms with Crippen molar-refractivity contribution in [2.75, 3.05) is 6.61 Å². The number of aryl methyl sites for hydroxylation is 1. The van der Waals surface area contributed by atoms with E-state index < -0.39 is 0 Å². The Bertz CT molecular complexity index is 624. The van der Waals surface area contributed by atoms with Crippen LogP contribution in [-0.2, 0) is 24.4 Å². The van der Waals surface area contributed by atoms with Crippen LogP contribution in [0.4, 0.5) is 4.79 Å². The fraction of sp³-hybridized carbons (Fsp3) is 0.316. The van der Waals surface area contributed by atoms with Crippen molar-refractivity contribution in [1.29, 1.82) is 0 Å². The van der Waals surface area contributed by atoms with Crippen LogP contribution in [0.15, 0.2) is 48.5 Å². The predicted molar refractivity (Wildman–Crippen MR) is 92.0 cm³/mol. The van der Waals surface area contributed by atoms with Gasteiger partial charge in [-0.15, -0.1) is 0 Å². The third kappa shape index (κ3) is 5.75. The summed E-state index contributed by atoms with van der Waals surface area (Å²) in [6.07, 6.45) is 0. The summed E-state index contributed by atoms with van der Waals surface area (Å²) < 4.78 is 5.45. The molecule has 0 atom stereocenters. The first-order valence-electron chi connectivity index (χ1n) is 7.91. The van der Waals surface area contributed by atoms with E-state index in [1.165, 1.54) is 5.56 Å². The molecule has 0 radical (unpaired) electrons. The number of hydrogen-bond donors (Lipinski definition) is 2. The lowest BCUT2D eigenvalue weighted by molar-refractivity contribution is 0.133. The normalized spacial score (nSPS) is 10.3. The number of urea groups is 1. The van der Waals surface area contributed by atoms with E-state index >= 15 is 0 Å². The van der Waals surface area contributed by atoms with Crippen molar-refractivity contribution in [3.8, 4) is 0 Å². The van der Waals surface area contributed by atoms with Gasteiger partial charge < -0.3 is 15.4 Å². The van der Waals surface area contributed by atoms with Crippen LogP contribution >= 0.6 is 0 Å². The number of benzene rings is 2. The second kappa shape index (κ2) is 8.96. The monoisotopic (exact) mass is 312 g/mol. The summed E-state index contributed by atoms with van der Waals surface area (Å²) in [6, 6.07) is 15.9. The highest BCUT2D eigenvalue weighted by atomic mass is 16.5. The lowest BCUT2D eigenvalue weighted by atomic mass is 10.1. The molecule has 4 nitrogen and oxygen atoms in total. The summed E-state index contributed by atoms with van der Waals surface area (Å²) in [5, 5.41) is 5.76. The zero-order valence-electron chi connectivity index (χ0n) is 13.8. The minimum atomic E-state index is -0.170. The standard InChI is InChI=1S/C19H24N2O2/c1-3-23-14-18-7-5-4-6-17(18)13-21-19(22)20-12-16-10-8-15(2)9-11-16/h4-11H,3,12-14H2,1-2H3,(H2,20,21,22). The molecule has 2 rings (SSSR count). The Labute approximate surface area is 137 Å². The highest BCUT2D eigenvalue weighted by Gasteiger charge is 2.04. The molecule has 2 aromatic carbocycles. The van der Waals surface area contributed by atoms with E-state index in [9.17, 15) is 4.79 Å². The molecule has 0 aliphatic carbocycles. The number of hydrogen-bond acceptors (Lipinski definition) is 2. The first-order valence-corrected chi connectivity index (χ1v) is 7.91. The molecule has 0 spiro atoms. The number of nitrogens with one attached hydrogen (secondary N) is 2. The maximum absolute atomic E-state index is 11.9. The molecule has 0 aromatic heterocycles. The minimum Gasteiger partial charge on any atom is -0.377 e. The zero-order valence-corrected chi connectivity index (χ0v) is 13.8. The molecule has 0 unspecified atom stereocenters. The average molecular weight is 312 g/mol. The maximum atomic E-state index is 11.9. The highest BCUT2D eigenvalue weighted by molar-refractivity contribution is 5.73. The fourth-order valence-corrected chi connectivity index (χ4v) is 2.21. The molecular formula is C19H24N2O2. The quantitative estimate of drug-likeness (QED) is 0.821. The van der Waals surface area contributed by atoms with Gasteiger partial charge in [0.05, 0.1) is 6.61 Å². The first kappa shape index (κ1) is 17.0. The second-order valence-electron chi connectivity index (χ2n) is 5.43. The Hall–Kier alpha value is -2.33. The van der Waals surface area contributed by atoms with Crippen LogP contribution in [0.1, 0.15) is 29.2 Å². The topological polar surface area (TPSA) is 50.4 Å². The highest BCUT2D eigenvalue weighted by Crippen LogP contribution is 2.10. The predicted octanol–water partition coefficient (Wildman–Crippen LogP) is 3.53. The number of amides is 2. The Morgan fingerprint density at radius 2 is 1.61 bits per heavy atom. The van der Waals surface area contributed by atoms with Crippen molar-refractivity contribution in [3.63, 3.8) is 0 Å². The fourth-order valence-electron chi connectivity index (χ4n) is 2.21. The van der Waals surface area contributed by atoms with Crippen LogP contribution in [0.5, 0.6) is 0 Å². The Morgan fingerprint density at radius 1 is 0.957 bits per heavy atom. The molecule has 23 heavy (non-hydrogen) atoms. The smallest absolute Gasteiger partial charge is 0.315 e. The molecule has 122 valence electrons. The van der Waals surface area contributed by atoms with Crippen LogP contribution in [0.3, 0.4) is 0 Å². The van der Waals surface area contributed by atoms with Gasteiger partial charge in [0.1, 0.15) is 0 Å². The van der Waals surface area contributed by atoms with Gasteiger partial charge in [-0.25, -0.2) is 4.79 Å². The second-order valence-corrected chi connectivity index (χ2v) is 5.43. The molecule has 0 aliphatic heterocycles. The molecule has 2 aromatic rings. The molecule has 0 aliphatic rings. The van der Waals surface area contributed by atoms with Gasteiger partial charge in [-0.1, -0.05) is 54.1 Å². The van der Waals surface area contributed by atoms with Crippen LogP contribution < -0.4 is 10.6 Å². The molecule has 4 heteroatoms. The SMILES string of the molecule is CCOCc1ccccc1CNC(=O)NCc1ccc(C)cc1. The van der Waals surface area contributed by atoms with Gasteiger partial charge >= 0.3 is 6.03 Å². The molecule has 2 N–H and O–H groups in total. The molecule has 0 fully saturated rings. The molecule has 0 saturated heterocycles. The van der Waals surface area contributed by atoms with Gasteiger partial charge in [0.2, 0.25) is 0 Å². The van der Waals surface area contributed by atoms with Crippen LogP contribution in [0, 0.1) is 6.92 Å². The summed E-state index contributed by atoms with van der Waals surface area (Å²) in [5.41, 5.74) is 4.48. The third-order valence-corrected chi connectivity index (χ3v) is 3.59. The summed E-state index contributed by atoms with van der Waals surface area (Å²) in [5.74, 6) is 0. The van der Waals surface area contributed by atoms with Gasteiger partial charge in [-0.2, -0.15) is 0 Å². The van der Waals surface area contributed by atoms with Crippen LogP contribution in [0.25, 0.3) is 0 Å². The van der Waals surface area contributed by atoms with Crippen molar-refractivity contribution in [1.82, 2.24) is 10.6 Å². The van der Waals surface area contributed by atoms with Crippen LogP contribution in [-0.4, -0.2) is 12.6 Å². The maximum Gasteiger partial charge on any atom is 0.315 e. The van der Waals surface area contributed by atoms with E-state index in [1.807, 2.05) is 62.4 Å². The Kier molecular flexibility index (Phi) is 6.63. The van der Waals surface area contributed by atoms with E-state index in [1.54, 1.807) is 0 Å². The van der Waals surface area contributed by atoms with Crippen molar-refractivity contribution < 1.29 is 9.53 Å². The van der Waals surface area contributed by atoms with E-state index in [4.69, 9.17) is 4.74 Å². The molecule has 0 bridgehead atoms. The van der Waals surface area contributed by atoms with E-state index in [-0.39, 0.29) is 6.03 Å². The van der Waals surface area contributed by atoms with Crippen molar-refractivity contribution >= 4 is 6.03 Å². The zero-order chi connectivity index (χ0) is 16.5. The van der Waals surface area contributed by atoms with Crippen molar-refractivity contribution in [3.05, 3.63) is 70.8 Å².